The number of rotatable bonds is 5. The second-order valence-electron chi connectivity index (χ2n) is 6.88. The third kappa shape index (κ3) is 3.63. The van der Waals surface area contributed by atoms with Crippen molar-refractivity contribution in [3.8, 4) is 6.01 Å². The summed E-state index contributed by atoms with van der Waals surface area (Å²) < 4.78 is 35.5. The van der Waals surface area contributed by atoms with E-state index in [4.69, 9.17) is 4.74 Å². The average molecular weight is 399 g/mol. The summed E-state index contributed by atoms with van der Waals surface area (Å²) in [6, 6.07) is 8.89. The van der Waals surface area contributed by atoms with Gasteiger partial charge in [0, 0.05) is 25.1 Å². The number of fused-ring (bicyclic) bond motifs is 1. The predicted octanol–water partition coefficient (Wildman–Crippen LogP) is 2.11. The first kappa shape index (κ1) is 18.6. The molecule has 4 rings (SSSR count). The molecular weight excluding hydrogens is 378 g/mol. The number of nitrogens with zero attached hydrogens (tertiary/aromatic N) is 5. The predicted molar refractivity (Wildman–Crippen MR) is 102 cm³/mol. The number of ether oxygens (including phenoxy) is 1. The molecule has 1 aliphatic heterocycles. The zero-order valence-electron chi connectivity index (χ0n) is 15.7. The number of hydrogen-bond acceptors (Lipinski definition) is 6. The average Bonchev–Trinajstić information content (AvgIpc) is 3.15. The molecule has 2 aromatic heterocycles. The highest BCUT2D eigenvalue weighted by atomic mass is 32.2. The maximum atomic E-state index is 13.3. The maximum Gasteiger partial charge on any atom is 0.316 e. The highest BCUT2D eigenvalue weighted by Crippen LogP contribution is 2.27. The third-order valence-electron chi connectivity index (χ3n) is 4.63. The van der Waals surface area contributed by atoms with Crippen LogP contribution in [0.1, 0.15) is 22.9 Å². The van der Waals surface area contributed by atoms with E-state index in [1.165, 1.54) is 4.31 Å². The van der Waals surface area contributed by atoms with Gasteiger partial charge in [-0.25, -0.2) is 18.4 Å². The Hall–Kier alpha value is -2.78. The molecule has 8 nitrogen and oxygen atoms in total. The summed E-state index contributed by atoms with van der Waals surface area (Å²) in [5.74, 6) is 0. The molecule has 146 valence electrons. The normalized spacial score (nSPS) is 17.3. The van der Waals surface area contributed by atoms with Crippen LogP contribution >= 0.6 is 0 Å². The number of aromatic nitrogens is 4. The Kier molecular flexibility index (Phi) is 4.86. The van der Waals surface area contributed by atoms with Crippen molar-refractivity contribution in [2.24, 2.45) is 0 Å². The van der Waals surface area contributed by atoms with Gasteiger partial charge in [0.25, 0.3) is 0 Å². The first-order chi connectivity index (χ1) is 13.4. The molecule has 1 aromatic carbocycles. The van der Waals surface area contributed by atoms with E-state index in [0.29, 0.717) is 4.90 Å². The SMILES string of the molecule is Cc1cc(C)cc(S(=O)(=O)N2Cc3ccnn3[C@H](COc3ncccn3)C2)c1. The first-order valence-corrected chi connectivity index (χ1v) is 10.4. The van der Waals surface area contributed by atoms with Gasteiger partial charge in [-0.3, -0.25) is 4.68 Å². The van der Waals surface area contributed by atoms with Crippen LogP contribution in [0.25, 0.3) is 0 Å². The Labute approximate surface area is 163 Å². The number of hydrogen-bond donors (Lipinski definition) is 0. The lowest BCUT2D eigenvalue weighted by Crippen LogP contribution is -2.43. The lowest BCUT2D eigenvalue weighted by atomic mass is 10.2. The van der Waals surface area contributed by atoms with E-state index in [9.17, 15) is 8.42 Å². The van der Waals surface area contributed by atoms with E-state index in [2.05, 4.69) is 15.1 Å². The van der Waals surface area contributed by atoms with Crippen molar-refractivity contribution in [3.05, 3.63) is 65.7 Å². The monoisotopic (exact) mass is 399 g/mol. The van der Waals surface area contributed by atoms with Gasteiger partial charge < -0.3 is 4.74 Å². The minimum absolute atomic E-state index is 0.220. The zero-order chi connectivity index (χ0) is 19.7. The highest BCUT2D eigenvalue weighted by Gasteiger charge is 2.34. The molecule has 0 saturated heterocycles. The first-order valence-electron chi connectivity index (χ1n) is 8.94. The molecule has 0 N–H and O–H groups in total. The second kappa shape index (κ2) is 7.33. The van der Waals surface area contributed by atoms with Crippen molar-refractivity contribution in [2.75, 3.05) is 13.2 Å². The molecule has 9 heteroatoms. The van der Waals surface area contributed by atoms with Gasteiger partial charge in [0.05, 0.1) is 17.1 Å². The summed E-state index contributed by atoms with van der Waals surface area (Å²) in [5.41, 5.74) is 2.66. The fourth-order valence-electron chi connectivity index (χ4n) is 3.42. The minimum atomic E-state index is -3.64. The molecule has 0 aliphatic carbocycles. The van der Waals surface area contributed by atoms with E-state index in [0.717, 1.165) is 16.8 Å². The molecule has 0 saturated carbocycles. The molecule has 1 atom stereocenters. The van der Waals surface area contributed by atoms with Crippen LogP contribution in [0.5, 0.6) is 6.01 Å². The lowest BCUT2D eigenvalue weighted by Gasteiger charge is -2.33. The Morgan fingerprint density at radius 3 is 2.54 bits per heavy atom. The molecule has 3 aromatic rings. The van der Waals surface area contributed by atoms with E-state index >= 15 is 0 Å². The van der Waals surface area contributed by atoms with Crippen LogP contribution in [0, 0.1) is 13.8 Å². The van der Waals surface area contributed by atoms with Gasteiger partial charge in [0.1, 0.15) is 12.6 Å². The highest BCUT2D eigenvalue weighted by molar-refractivity contribution is 7.89. The summed E-state index contributed by atoms with van der Waals surface area (Å²) in [6.45, 7) is 4.55. The topological polar surface area (TPSA) is 90.2 Å². The Bertz CT molecular complexity index is 1060. The van der Waals surface area contributed by atoms with Crippen LogP contribution < -0.4 is 4.74 Å². The van der Waals surface area contributed by atoms with E-state index in [-0.39, 0.29) is 31.7 Å². The number of benzene rings is 1. The van der Waals surface area contributed by atoms with Crippen molar-refractivity contribution in [1.29, 1.82) is 0 Å². The third-order valence-corrected chi connectivity index (χ3v) is 6.42. The van der Waals surface area contributed by atoms with Crippen molar-refractivity contribution in [3.63, 3.8) is 0 Å². The van der Waals surface area contributed by atoms with Crippen molar-refractivity contribution in [1.82, 2.24) is 24.1 Å². The fraction of sp³-hybridized carbons (Fsp3) is 0.316. The van der Waals surface area contributed by atoms with Gasteiger partial charge in [0.2, 0.25) is 10.0 Å². The van der Waals surface area contributed by atoms with Crippen molar-refractivity contribution < 1.29 is 13.2 Å². The van der Waals surface area contributed by atoms with Crippen LogP contribution in [0.15, 0.2) is 53.8 Å². The van der Waals surface area contributed by atoms with E-state index in [1.54, 1.807) is 36.8 Å². The van der Waals surface area contributed by atoms with Gasteiger partial charge in [-0.2, -0.15) is 9.40 Å². The molecule has 0 spiro atoms. The van der Waals surface area contributed by atoms with Crippen molar-refractivity contribution >= 4 is 10.0 Å². The molecule has 0 unspecified atom stereocenters. The van der Waals surface area contributed by atoms with Crippen LogP contribution in [-0.2, 0) is 16.6 Å². The second-order valence-corrected chi connectivity index (χ2v) is 8.82. The molecular formula is C19H21N5O3S. The number of aryl methyl sites for hydroxylation is 2. The van der Waals surface area contributed by atoms with Gasteiger partial charge in [-0.1, -0.05) is 6.07 Å². The Balaban J connectivity index is 1.61. The number of sulfonamides is 1. The van der Waals surface area contributed by atoms with Crippen LogP contribution in [0.4, 0.5) is 0 Å². The van der Waals surface area contributed by atoms with Crippen LogP contribution in [-0.4, -0.2) is 45.6 Å². The molecule has 1 aliphatic rings. The maximum absolute atomic E-state index is 13.3. The van der Waals surface area contributed by atoms with Crippen LogP contribution in [0.3, 0.4) is 0 Å². The summed E-state index contributed by atoms with van der Waals surface area (Å²) in [7, 11) is -3.64. The molecule has 28 heavy (non-hydrogen) atoms. The zero-order valence-corrected chi connectivity index (χ0v) is 16.5. The smallest absolute Gasteiger partial charge is 0.316 e. The standard InChI is InChI=1S/C19H21N5O3S/c1-14-8-15(2)10-18(9-14)28(25,26)23-11-16-4-7-22-24(16)17(12-23)13-27-19-20-5-3-6-21-19/h3-10,17H,11-13H2,1-2H3/t17-/m0/s1. The minimum Gasteiger partial charge on any atom is -0.461 e. The van der Waals surface area contributed by atoms with Crippen LogP contribution in [0.2, 0.25) is 0 Å². The van der Waals surface area contributed by atoms with E-state index in [1.807, 2.05) is 30.7 Å². The quantitative estimate of drug-likeness (QED) is 0.653. The van der Waals surface area contributed by atoms with E-state index < -0.39 is 10.0 Å². The summed E-state index contributed by atoms with van der Waals surface area (Å²) >= 11 is 0. The molecule has 0 fully saturated rings. The fourth-order valence-corrected chi connectivity index (χ4v) is 5.06. The Morgan fingerprint density at radius 1 is 1.11 bits per heavy atom. The molecule has 0 amide bonds. The summed E-state index contributed by atoms with van der Waals surface area (Å²) in [6.07, 6.45) is 4.87. The Morgan fingerprint density at radius 2 is 1.82 bits per heavy atom. The molecule has 0 bridgehead atoms. The molecule has 0 radical (unpaired) electrons. The summed E-state index contributed by atoms with van der Waals surface area (Å²) in [5, 5.41) is 4.34. The lowest BCUT2D eigenvalue weighted by molar-refractivity contribution is 0.174. The van der Waals surface area contributed by atoms with Gasteiger partial charge in [-0.05, 0) is 49.2 Å². The van der Waals surface area contributed by atoms with Gasteiger partial charge in [-0.15, -0.1) is 0 Å². The van der Waals surface area contributed by atoms with Gasteiger partial charge >= 0.3 is 6.01 Å². The van der Waals surface area contributed by atoms with Crippen molar-refractivity contribution in [2.45, 2.75) is 31.3 Å². The van der Waals surface area contributed by atoms with Gasteiger partial charge in [0.15, 0.2) is 0 Å². The largest absolute Gasteiger partial charge is 0.461 e. The summed E-state index contributed by atoms with van der Waals surface area (Å²) in [4.78, 5) is 8.40. The molecule has 3 heterocycles.